The molecule has 2 amide bonds. The highest BCUT2D eigenvalue weighted by Gasteiger charge is 2.19. The molecule has 0 aliphatic rings. The first-order valence-electron chi connectivity index (χ1n) is 8.02. The maximum absolute atomic E-state index is 12.3. The quantitative estimate of drug-likeness (QED) is 0.635. The van der Waals surface area contributed by atoms with Gasteiger partial charge in [0.05, 0.1) is 16.5 Å². The molecular formula is C18H18BrClN2O4S. The zero-order valence-corrected chi connectivity index (χ0v) is 17.6. The van der Waals surface area contributed by atoms with Crippen LogP contribution < -0.4 is 10.6 Å². The van der Waals surface area contributed by atoms with E-state index >= 15 is 0 Å². The van der Waals surface area contributed by atoms with E-state index in [1.165, 1.54) is 12.1 Å². The number of anilines is 2. The molecule has 2 rings (SSSR count). The van der Waals surface area contributed by atoms with E-state index in [0.29, 0.717) is 17.7 Å². The van der Waals surface area contributed by atoms with Crippen molar-refractivity contribution in [2.45, 2.75) is 19.1 Å². The molecule has 0 aliphatic heterocycles. The summed E-state index contributed by atoms with van der Waals surface area (Å²) in [5.41, 5.74) is 1.27. The van der Waals surface area contributed by atoms with Gasteiger partial charge in [0.1, 0.15) is 5.75 Å². The molecule has 0 fully saturated rings. The zero-order chi connectivity index (χ0) is 20.0. The highest BCUT2D eigenvalue weighted by molar-refractivity contribution is 9.10. The first kappa shape index (κ1) is 21.4. The summed E-state index contributed by atoms with van der Waals surface area (Å²) >= 11 is 9.33. The second-order valence-electron chi connectivity index (χ2n) is 5.81. The van der Waals surface area contributed by atoms with Gasteiger partial charge in [-0.3, -0.25) is 9.59 Å². The molecule has 0 unspecified atom stereocenters. The molecule has 0 saturated heterocycles. The van der Waals surface area contributed by atoms with Crippen LogP contribution in [0.2, 0.25) is 5.02 Å². The third-order valence-corrected chi connectivity index (χ3v) is 5.77. The van der Waals surface area contributed by atoms with Crippen molar-refractivity contribution in [1.29, 1.82) is 0 Å². The summed E-state index contributed by atoms with van der Waals surface area (Å²) in [7, 11) is -3.66. The van der Waals surface area contributed by atoms with Gasteiger partial charge in [-0.25, -0.2) is 8.42 Å². The van der Waals surface area contributed by atoms with E-state index in [0.717, 1.165) is 4.47 Å². The summed E-state index contributed by atoms with van der Waals surface area (Å²) in [5, 5.41) is 5.37. The number of sulfone groups is 1. The van der Waals surface area contributed by atoms with Crippen LogP contribution in [0.3, 0.4) is 0 Å². The summed E-state index contributed by atoms with van der Waals surface area (Å²) in [5.74, 6) is -1.82. The van der Waals surface area contributed by atoms with Crippen LogP contribution in [-0.2, 0) is 25.2 Å². The summed E-state index contributed by atoms with van der Waals surface area (Å²) in [4.78, 5) is 23.7. The molecule has 2 aromatic rings. The van der Waals surface area contributed by atoms with Crippen LogP contribution in [0.15, 0.2) is 46.9 Å². The number of hydrogen-bond acceptors (Lipinski definition) is 4. The van der Waals surface area contributed by atoms with E-state index in [2.05, 4.69) is 26.6 Å². The molecular weight excluding hydrogens is 456 g/mol. The number of halogens is 2. The Morgan fingerprint density at radius 2 is 1.81 bits per heavy atom. The van der Waals surface area contributed by atoms with E-state index in [1.807, 2.05) is 0 Å². The van der Waals surface area contributed by atoms with Gasteiger partial charge in [0, 0.05) is 16.6 Å². The lowest BCUT2D eigenvalue weighted by atomic mass is 10.2. The molecule has 2 N–H and O–H groups in total. The third kappa shape index (κ3) is 6.97. The maximum atomic E-state index is 12.3. The zero-order valence-electron chi connectivity index (χ0n) is 14.5. The van der Waals surface area contributed by atoms with E-state index in [4.69, 9.17) is 11.6 Å². The lowest BCUT2D eigenvalue weighted by Gasteiger charge is -2.11. The van der Waals surface area contributed by atoms with E-state index in [-0.39, 0.29) is 22.4 Å². The molecule has 0 radical (unpaired) electrons. The van der Waals surface area contributed by atoms with Crippen molar-refractivity contribution < 1.29 is 18.0 Å². The molecule has 2 aromatic carbocycles. The number of carbonyl (C=O) groups is 2. The first-order valence-corrected chi connectivity index (χ1v) is 11.0. The highest BCUT2D eigenvalue weighted by atomic mass is 79.9. The van der Waals surface area contributed by atoms with Crippen LogP contribution in [0.4, 0.5) is 11.4 Å². The number of hydrogen-bond donors (Lipinski definition) is 2. The van der Waals surface area contributed by atoms with Gasteiger partial charge in [-0.1, -0.05) is 46.6 Å². The molecule has 27 heavy (non-hydrogen) atoms. The van der Waals surface area contributed by atoms with Crippen LogP contribution in [0.1, 0.15) is 18.9 Å². The van der Waals surface area contributed by atoms with Crippen molar-refractivity contribution in [3.63, 3.8) is 0 Å². The van der Waals surface area contributed by atoms with Crippen LogP contribution >= 0.6 is 27.5 Å². The van der Waals surface area contributed by atoms with Crippen molar-refractivity contribution in [1.82, 2.24) is 0 Å². The molecule has 144 valence electrons. The smallest absolute Gasteiger partial charge is 0.239 e. The standard InChI is InChI=1S/C18H18BrClN2O4S/c1-2-17(23)21-14-6-7-15(20)16(9-14)22-18(24)11-27(25,26)10-12-4-3-5-13(19)8-12/h3-9H,2,10-11H2,1H3,(H,21,23)(H,22,24). The topological polar surface area (TPSA) is 92.3 Å². The van der Waals surface area contributed by atoms with Crippen LogP contribution in [0, 0.1) is 0 Å². The van der Waals surface area contributed by atoms with Gasteiger partial charge in [-0.2, -0.15) is 0 Å². The molecule has 0 spiro atoms. The Labute approximate surface area is 171 Å². The Kier molecular flexibility index (Phi) is 7.41. The van der Waals surface area contributed by atoms with Crippen LogP contribution in [0.25, 0.3) is 0 Å². The summed E-state index contributed by atoms with van der Waals surface area (Å²) in [6.07, 6.45) is 0.304. The summed E-state index contributed by atoms with van der Waals surface area (Å²) in [6, 6.07) is 11.5. The van der Waals surface area contributed by atoms with Gasteiger partial charge in [-0.05, 0) is 35.9 Å². The average molecular weight is 474 g/mol. The molecule has 0 saturated carbocycles. The average Bonchev–Trinajstić information content (AvgIpc) is 2.56. The van der Waals surface area contributed by atoms with Gasteiger partial charge >= 0.3 is 0 Å². The normalized spacial score (nSPS) is 11.1. The Morgan fingerprint density at radius 1 is 1.07 bits per heavy atom. The lowest BCUT2D eigenvalue weighted by Crippen LogP contribution is -2.24. The molecule has 0 bridgehead atoms. The fourth-order valence-electron chi connectivity index (χ4n) is 2.27. The Morgan fingerprint density at radius 3 is 2.48 bits per heavy atom. The van der Waals surface area contributed by atoms with Gasteiger partial charge in [-0.15, -0.1) is 0 Å². The Bertz CT molecular complexity index is 964. The number of nitrogens with one attached hydrogen (secondary N) is 2. The minimum absolute atomic E-state index is 0.189. The first-order chi connectivity index (χ1) is 12.7. The van der Waals surface area contributed by atoms with Crippen LogP contribution in [0.5, 0.6) is 0 Å². The second kappa shape index (κ2) is 9.34. The number of rotatable bonds is 7. The van der Waals surface area contributed by atoms with Gasteiger partial charge < -0.3 is 10.6 Å². The van der Waals surface area contributed by atoms with Crippen LogP contribution in [-0.4, -0.2) is 26.0 Å². The molecule has 0 aromatic heterocycles. The number of amides is 2. The molecule has 6 nitrogen and oxygen atoms in total. The fraction of sp³-hybridized carbons (Fsp3) is 0.222. The van der Waals surface area contributed by atoms with E-state index in [9.17, 15) is 18.0 Å². The third-order valence-electron chi connectivity index (χ3n) is 3.47. The van der Waals surface area contributed by atoms with Crippen molar-refractivity contribution >= 4 is 60.6 Å². The Balaban J connectivity index is 2.06. The van der Waals surface area contributed by atoms with Gasteiger partial charge in [0.15, 0.2) is 9.84 Å². The minimum atomic E-state index is -3.66. The molecule has 9 heteroatoms. The van der Waals surface area contributed by atoms with Crippen molar-refractivity contribution in [3.05, 3.63) is 57.5 Å². The van der Waals surface area contributed by atoms with E-state index in [1.54, 1.807) is 37.3 Å². The minimum Gasteiger partial charge on any atom is -0.326 e. The summed E-state index contributed by atoms with van der Waals surface area (Å²) in [6.45, 7) is 1.71. The fourth-order valence-corrected chi connectivity index (χ4v) is 4.14. The largest absolute Gasteiger partial charge is 0.326 e. The number of carbonyl (C=O) groups excluding carboxylic acids is 2. The highest BCUT2D eigenvalue weighted by Crippen LogP contribution is 2.26. The maximum Gasteiger partial charge on any atom is 0.239 e. The summed E-state index contributed by atoms with van der Waals surface area (Å²) < 4.78 is 25.3. The second-order valence-corrected chi connectivity index (χ2v) is 9.19. The van der Waals surface area contributed by atoms with E-state index < -0.39 is 21.5 Å². The number of benzene rings is 2. The lowest BCUT2D eigenvalue weighted by molar-refractivity contribution is -0.116. The van der Waals surface area contributed by atoms with Crippen molar-refractivity contribution in [2.24, 2.45) is 0 Å². The van der Waals surface area contributed by atoms with Gasteiger partial charge in [0.25, 0.3) is 0 Å². The van der Waals surface area contributed by atoms with Gasteiger partial charge in [0.2, 0.25) is 11.8 Å². The molecule has 0 heterocycles. The molecule has 0 aliphatic carbocycles. The Hall–Kier alpha value is -1.90. The predicted molar refractivity (Wildman–Crippen MR) is 111 cm³/mol. The van der Waals surface area contributed by atoms with Crippen molar-refractivity contribution in [3.8, 4) is 0 Å². The SMILES string of the molecule is CCC(=O)Nc1ccc(Cl)c(NC(=O)CS(=O)(=O)Cc2cccc(Br)c2)c1. The van der Waals surface area contributed by atoms with Crippen molar-refractivity contribution in [2.75, 3.05) is 16.4 Å². The monoisotopic (exact) mass is 472 g/mol. The molecule has 0 atom stereocenters. The predicted octanol–water partition coefficient (Wildman–Crippen LogP) is 4.00.